The molecule has 1 heterocycles. The van der Waals surface area contributed by atoms with Crippen molar-refractivity contribution in [3.63, 3.8) is 0 Å². The van der Waals surface area contributed by atoms with Crippen molar-refractivity contribution >= 4 is 16.0 Å². The smallest absolute Gasteiger partial charge is 0.240 e. The summed E-state index contributed by atoms with van der Waals surface area (Å²) < 4.78 is 32.2. The van der Waals surface area contributed by atoms with E-state index in [0.717, 1.165) is 24.6 Å². The maximum Gasteiger partial charge on any atom is 0.240 e. The van der Waals surface area contributed by atoms with Crippen LogP contribution in [0.25, 0.3) is 0 Å². The van der Waals surface area contributed by atoms with Gasteiger partial charge in [0.15, 0.2) is 5.96 Å². The molecule has 2 N–H and O–H groups in total. The van der Waals surface area contributed by atoms with Crippen molar-refractivity contribution in [2.24, 2.45) is 10.4 Å². The van der Waals surface area contributed by atoms with Gasteiger partial charge >= 0.3 is 0 Å². The number of rotatable bonds is 8. The van der Waals surface area contributed by atoms with Crippen LogP contribution < -0.4 is 10.0 Å². The van der Waals surface area contributed by atoms with E-state index in [1.807, 2.05) is 13.0 Å². The largest absolute Gasteiger partial charge is 0.383 e. The second kappa shape index (κ2) is 8.80. The molecule has 2 rings (SSSR count). The minimum absolute atomic E-state index is 0.00442. The number of methoxy groups -OCH3 is 1. The molecule has 28 heavy (non-hydrogen) atoms. The highest BCUT2D eigenvalue weighted by Crippen LogP contribution is 2.46. The summed E-state index contributed by atoms with van der Waals surface area (Å²) in [6, 6.07) is 6.91. The number of benzene rings is 1. The van der Waals surface area contributed by atoms with Crippen molar-refractivity contribution in [2.45, 2.75) is 51.6 Å². The average Bonchev–Trinajstić information content (AvgIpc) is 2.64. The summed E-state index contributed by atoms with van der Waals surface area (Å²) in [4.78, 5) is 7.29. The van der Waals surface area contributed by atoms with E-state index in [2.05, 4.69) is 42.6 Å². The van der Waals surface area contributed by atoms with Crippen molar-refractivity contribution in [1.29, 1.82) is 0 Å². The van der Waals surface area contributed by atoms with E-state index in [-0.39, 0.29) is 22.4 Å². The Morgan fingerprint density at radius 2 is 2.00 bits per heavy atom. The molecule has 0 radical (unpaired) electrons. The highest BCUT2D eigenvalue weighted by molar-refractivity contribution is 7.89. The van der Waals surface area contributed by atoms with Crippen molar-refractivity contribution in [1.82, 2.24) is 14.9 Å². The molecule has 0 aliphatic carbocycles. The molecule has 1 aliphatic rings. The Balaban J connectivity index is 2.16. The maximum absolute atomic E-state index is 12.4. The van der Waals surface area contributed by atoms with Crippen LogP contribution in [-0.4, -0.2) is 58.2 Å². The van der Waals surface area contributed by atoms with E-state index in [0.29, 0.717) is 13.2 Å². The lowest BCUT2D eigenvalue weighted by atomic mass is 9.65. The van der Waals surface area contributed by atoms with Crippen LogP contribution in [0.2, 0.25) is 0 Å². The average molecular weight is 411 g/mol. The van der Waals surface area contributed by atoms with E-state index < -0.39 is 10.0 Å². The fourth-order valence-electron chi connectivity index (χ4n) is 3.13. The minimum atomic E-state index is -3.55. The van der Waals surface area contributed by atoms with Gasteiger partial charge in [0.05, 0.1) is 18.0 Å². The Bertz CT molecular complexity index is 803. The van der Waals surface area contributed by atoms with Gasteiger partial charge in [0.1, 0.15) is 0 Å². The first kappa shape index (κ1) is 22.6. The zero-order chi connectivity index (χ0) is 21.0. The number of aliphatic imine (C=N–C) groups is 1. The molecule has 0 atom stereocenters. The quantitative estimate of drug-likeness (QED) is 0.390. The number of nitrogens with zero attached hydrogens (tertiary/aromatic N) is 2. The molecule has 1 aromatic rings. The van der Waals surface area contributed by atoms with E-state index in [1.54, 1.807) is 18.2 Å². The molecule has 0 amide bonds. The number of likely N-dealkylation sites (tertiary alicyclic amines) is 1. The Labute approximate surface area is 169 Å². The molecule has 158 valence electrons. The van der Waals surface area contributed by atoms with Crippen LogP contribution in [0.3, 0.4) is 0 Å². The first-order chi connectivity index (χ1) is 13.0. The molecule has 0 bridgehead atoms. The van der Waals surface area contributed by atoms with Gasteiger partial charge in [-0.2, -0.15) is 0 Å². The second-order valence-electron chi connectivity index (χ2n) is 8.24. The molecule has 8 heteroatoms. The van der Waals surface area contributed by atoms with Gasteiger partial charge in [-0.05, 0) is 38.5 Å². The number of nitrogens with one attached hydrogen (secondary N) is 2. The summed E-state index contributed by atoms with van der Waals surface area (Å²) in [5.41, 5.74) is 1.07. The zero-order valence-electron chi connectivity index (χ0n) is 17.9. The predicted octanol–water partition coefficient (Wildman–Crippen LogP) is 2.20. The molecule has 1 fully saturated rings. The number of hydrogen-bond acceptors (Lipinski definition) is 4. The molecule has 0 aromatic heterocycles. The molecule has 1 saturated heterocycles. The van der Waals surface area contributed by atoms with Gasteiger partial charge in [-0.15, -0.1) is 0 Å². The standard InChI is InChI=1S/C20H34N4O3S/c1-7-21-18(24-15-19(2,3)20(24,4)5)22-14-16-9-8-10-17(13-16)28(25,26)23-11-12-27-6/h8-10,13,23H,7,11-12,14-15H2,1-6H3,(H,21,22). The third-order valence-electron chi connectivity index (χ3n) is 5.69. The van der Waals surface area contributed by atoms with Gasteiger partial charge in [0.2, 0.25) is 10.0 Å². The normalized spacial score (nSPS) is 18.6. The third-order valence-corrected chi connectivity index (χ3v) is 7.15. The van der Waals surface area contributed by atoms with Gasteiger partial charge in [-0.25, -0.2) is 18.1 Å². The van der Waals surface area contributed by atoms with Crippen LogP contribution in [0.4, 0.5) is 0 Å². The van der Waals surface area contributed by atoms with Gasteiger partial charge < -0.3 is 15.0 Å². The molecule has 0 saturated carbocycles. The number of ether oxygens (including phenoxy) is 1. The molecule has 1 aliphatic heterocycles. The van der Waals surface area contributed by atoms with Crippen LogP contribution >= 0.6 is 0 Å². The SMILES string of the molecule is CCNC(=NCc1cccc(S(=O)(=O)NCCOC)c1)N1CC(C)(C)C1(C)C. The lowest BCUT2D eigenvalue weighted by molar-refractivity contribution is -0.0667. The fraction of sp³-hybridized carbons (Fsp3) is 0.650. The first-order valence-electron chi connectivity index (χ1n) is 9.68. The third kappa shape index (κ3) is 4.85. The summed E-state index contributed by atoms with van der Waals surface area (Å²) in [6.45, 7) is 13.7. The topological polar surface area (TPSA) is 83.0 Å². The molecule has 0 unspecified atom stereocenters. The number of sulfonamides is 1. The molecule has 7 nitrogen and oxygen atoms in total. The second-order valence-corrected chi connectivity index (χ2v) is 10.0. The predicted molar refractivity (Wildman–Crippen MR) is 113 cm³/mol. The van der Waals surface area contributed by atoms with Crippen molar-refractivity contribution < 1.29 is 13.2 Å². The van der Waals surface area contributed by atoms with E-state index in [4.69, 9.17) is 9.73 Å². The Kier molecular flexibility index (Phi) is 7.12. The minimum Gasteiger partial charge on any atom is -0.383 e. The highest BCUT2D eigenvalue weighted by Gasteiger charge is 2.53. The lowest BCUT2D eigenvalue weighted by Gasteiger charge is -2.62. The van der Waals surface area contributed by atoms with Gasteiger partial charge in [0.25, 0.3) is 0 Å². The van der Waals surface area contributed by atoms with Gasteiger partial charge in [0, 0.05) is 37.7 Å². The summed E-state index contributed by atoms with van der Waals surface area (Å²) in [5, 5.41) is 3.36. The molecule has 1 aromatic carbocycles. The van der Waals surface area contributed by atoms with Crippen LogP contribution in [-0.2, 0) is 21.3 Å². The molecular weight excluding hydrogens is 376 g/mol. The highest BCUT2D eigenvalue weighted by atomic mass is 32.2. The zero-order valence-corrected chi connectivity index (χ0v) is 18.7. The summed E-state index contributed by atoms with van der Waals surface area (Å²) in [5.74, 6) is 0.860. The lowest BCUT2D eigenvalue weighted by Crippen LogP contribution is -2.72. The van der Waals surface area contributed by atoms with Crippen LogP contribution in [0.1, 0.15) is 40.2 Å². The van der Waals surface area contributed by atoms with Crippen LogP contribution in [0.5, 0.6) is 0 Å². The molecule has 0 spiro atoms. The maximum atomic E-state index is 12.4. The van der Waals surface area contributed by atoms with Crippen molar-refractivity contribution in [3.8, 4) is 0 Å². The van der Waals surface area contributed by atoms with Gasteiger partial charge in [-0.3, -0.25) is 0 Å². The summed E-state index contributed by atoms with van der Waals surface area (Å²) in [6.07, 6.45) is 0. The Morgan fingerprint density at radius 1 is 1.29 bits per heavy atom. The van der Waals surface area contributed by atoms with Crippen molar-refractivity contribution in [3.05, 3.63) is 29.8 Å². The Morgan fingerprint density at radius 3 is 2.57 bits per heavy atom. The van der Waals surface area contributed by atoms with E-state index in [1.165, 1.54) is 7.11 Å². The Hall–Kier alpha value is -1.64. The summed E-state index contributed by atoms with van der Waals surface area (Å²) in [7, 11) is -2.02. The van der Waals surface area contributed by atoms with Gasteiger partial charge in [-0.1, -0.05) is 26.0 Å². The van der Waals surface area contributed by atoms with Crippen molar-refractivity contribution in [2.75, 3.05) is 33.4 Å². The first-order valence-corrected chi connectivity index (χ1v) is 11.2. The van der Waals surface area contributed by atoms with E-state index >= 15 is 0 Å². The summed E-state index contributed by atoms with van der Waals surface area (Å²) >= 11 is 0. The number of guanidine groups is 1. The van der Waals surface area contributed by atoms with E-state index in [9.17, 15) is 8.42 Å². The fourth-order valence-corrected chi connectivity index (χ4v) is 4.22. The number of hydrogen-bond donors (Lipinski definition) is 2. The van der Waals surface area contributed by atoms with Crippen LogP contribution in [0.15, 0.2) is 34.2 Å². The van der Waals surface area contributed by atoms with Crippen LogP contribution in [0, 0.1) is 5.41 Å². The monoisotopic (exact) mass is 410 g/mol. The molecular formula is C20H34N4O3S.